The van der Waals surface area contributed by atoms with Gasteiger partial charge in [0.25, 0.3) is 0 Å². The first kappa shape index (κ1) is 11.3. The first-order chi connectivity index (χ1) is 7.76. The molecule has 0 fully saturated rings. The predicted octanol–water partition coefficient (Wildman–Crippen LogP) is 2.49. The molecule has 1 heterocycles. The topological polar surface area (TPSA) is 32.3 Å². The molecule has 1 aromatic carbocycles. The van der Waals surface area contributed by atoms with E-state index in [4.69, 9.17) is 0 Å². The molecule has 0 amide bonds. The molecule has 0 aliphatic heterocycles. The SMILES string of the molecule is C=C(c1ccc2ccsc2c1)C(CO)NC. The highest BCUT2D eigenvalue weighted by Gasteiger charge is 2.11. The van der Waals surface area contributed by atoms with Crippen LogP contribution >= 0.6 is 11.3 Å². The van der Waals surface area contributed by atoms with Crippen molar-refractivity contribution in [3.8, 4) is 0 Å². The number of fused-ring (bicyclic) bond motifs is 1. The standard InChI is InChI=1S/C13H15NOS/c1-9(12(8-15)14-2)11-4-3-10-5-6-16-13(10)7-11/h3-7,12,14-15H,1,8H2,2H3. The van der Waals surface area contributed by atoms with Gasteiger partial charge in [-0.2, -0.15) is 0 Å². The molecular weight excluding hydrogens is 218 g/mol. The Labute approximate surface area is 99.2 Å². The lowest BCUT2D eigenvalue weighted by atomic mass is 10.0. The van der Waals surface area contributed by atoms with Gasteiger partial charge in [-0.3, -0.25) is 0 Å². The van der Waals surface area contributed by atoms with Gasteiger partial charge < -0.3 is 10.4 Å². The van der Waals surface area contributed by atoms with Gasteiger partial charge in [0.05, 0.1) is 12.6 Å². The molecule has 3 heteroatoms. The highest BCUT2D eigenvalue weighted by atomic mass is 32.1. The Hall–Kier alpha value is -1.16. The molecule has 0 saturated heterocycles. The van der Waals surface area contributed by atoms with E-state index in [1.165, 1.54) is 10.1 Å². The summed E-state index contributed by atoms with van der Waals surface area (Å²) in [7, 11) is 1.83. The number of nitrogens with one attached hydrogen (secondary N) is 1. The van der Waals surface area contributed by atoms with Gasteiger partial charge in [-0.1, -0.05) is 18.7 Å². The third-order valence-corrected chi connectivity index (χ3v) is 3.66. The van der Waals surface area contributed by atoms with Crippen molar-refractivity contribution in [3.05, 3.63) is 41.8 Å². The zero-order chi connectivity index (χ0) is 11.5. The van der Waals surface area contributed by atoms with Crippen LogP contribution in [-0.4, -0.2) is 24.8 Å². The van der Waals surface area contributed by atoms with Gasteiger partial charge in [-0.15, -0.1) is 11.3 Å². The second kappa shape index (κ2) is 4.78. The highest BCUT2D eigenvalue weighted by molar-refractivity contribution is 7.17. The maximum absolute atomic E-state index is 9.21. The second-order valence-corrected chi connectivity index (χ2v) is 4.67. The normalized spacial score (nSPS) is 12.9. The third kappa shape index (κ3) is 2.02. The average molecular weight is 233 g/mol. The zero-order valence-corrected chi connectivity index (χ0v) is 10.1. The van der Waals surface area contributed by atoms with Crippen molar-refractivity contribution in [2.24, 2.45) is 0 Å². The fraction of sp³-hybridized carbons (Fsp3) is 0.231. The van der Waals surface area contributed by atoms with E-state index in [1.807, 2.05) is 7.05 Å². The van der Waals surface area contributed by atoms with Crippen LogP contribution in [0, 0.1) is 0 Å². The number of aliphatic hydroxyl groups is 1. The minimum absolute atomic E-state index is 0.0673. The largest absolute Gasteiger partial charge is 0.394 e. The van der Waals surface area contributed by atoms with Gasteiger partial charge in [0.1, 0.15) is 0 Å². The summed E-state index contributed by atoms with van der Waals surface area (Å²) in [6.45, 7) is 4.11. The number of hydrogen-bond donors (Lipinski definition) is 2. The molecule has 0 saturated carbocycles. The third-order valence-electron chi connectivity index (χ3n) is 2.78. The van der Waals surface area contributed by atoms with Crippen molar-refractivity contribution >= 4 is 27.0 Å². The molecule has 2 aromatic rings. The monoisotopic (exact) mass is 233 g/mol. The molecule has 2 nitrogen and oxygen atoms in total. The fourth-order valence-corrected chi connectivity index (χ4v) is 2.56. The van der Waals surface area contributed by atoms with Crippen LogP contribution in [0.2, 0.25) is 0 Å². The first-order valence-electron chi connectivity index (χ1n) is 5.21. The van der Waals surface area contributed by atoms with E-state index in [1.54, 1.807) is 11.3 Å². The summed E-state index contributed by atoms with van der Waals surface area (Å²) in [5.74, 6) is 0. The second-order valence-electron chi connectivity index (χ2n) is 3.72. The van der Waals surface area contributed by atoms with E-state index < -0.39 is 0 Å². The summed E-state index contributed by atoms with van der Waals surface area (Å²) in [5, 5.41) is 15.6. The molecule has 0 aliphatic rings. The van der Waals surface area contributed by atoms with E-state index in [9.17, 15) is 5.11 Å². The van der Waals surface area contributed by atoms with E-state index in [0.717, 1.165) is 11.1 Å². The number of aliphatic hydroxyl groups excluding tert-OH is 1. The van der Waals surface area contributed by atoms with Crippen LogP contribution in [-0.2, 0) is 0 Å². The Kier molecular flexibility index (Phi) is 3.39. The van der Waals surface area contributed by atoms with Crippen molar-refractivity contribution < 1.29 is 5.11 Å². The molecule has 1 aromatic heterocycles. The number of hydrogen-bond acceptors (Lipinski definition) is 3. The minimum atomic E-state index is -0.0718. The van der Waals surface area contributed by atoms with Crippen molar-refractivity contribution in [1.29, 1.82) is 0 Å². The molecule has 84 valence electrons. The molecule has 0 bridgehead atoms. The number of likely N-dealkylation sites (N-methyl/N-ethyl adjacent to an activating group) is 1. The molecule has 2 N–H and O–H groups in total. The first-order valence-corrected chi connectivity index (χ1v) is 6.08. The van der Waals surface area contributed by atoms with Crippen LogP contribution in [0.3, 0.4) is 0 Å². The summed E-state index contributed by atoms with van der Waals surface area (Å²) in [4.78, 5) is 0. The molecule has 2 rings (SSSR count). The van der Waals surface area contributed by atoms with Crippen LogP contribution in [0.1, 0.15) is 5.56 Å². The number of thiophene rings is 1. The van der Waals surface area contributed by atoms with Crippen molar-refractivity contribution in [1.82, 2.24) is 5.32 Å². The van der Waals surface area contributed by atoms with Crippen LogP contribution in [0.25, 0.3) is 15.7 Å². The van der Waals surface area contributed by atoms with Gasteiger partial charge in [0.2, 0.25) is 0 Å². The quantitative estimate of drug-likeness (QED) is 0.850. The van der Waals surface area contributed by atoms with E-state index >= 15 is 0 Å². The Morgan fingerprint density at radius 1 is 1.50 bits per heavy atom. The lowest BCUT2D eigenvalue weighted by Crippen LogP contribution is -2.29. The summed E-state index contributed by atoms with van der Waals surface area (Å²) in [5.41, 5.74) is 2.02. The predicted molar refractivity (Wildman–Crippen MR) is 70.8 cm³/mol. The summed E-state index contributed by atoms with van der Waals surface area (Å²) < 4.78 is 1.26. The Morgan fingerprint density at radius 3 is 3.00 bits per heavy atom. The van der Waals surface area contributed by atoms with E-state index in [-0.39, 0.29) is 12.6 Å². The smallest absolute Gasteiger partial charge is 0.0626 e. The van der Waals surface area contributed by atoms with Gasteiger partial charge in [0, 0.05) is 4.70 Å². The molecule has 1 unspecified atom stereocenters. The van der Waals surface area contributed by atoms with Crippen molar-refractivity contribution in [3.63, 3.8) is 0 Å². The van der Waals surface area contributed by atoms with Crippen LogP contribution in [0.15, 0.2) is 36.2 Å². The van der Waals surface area contributed by atoms with E-state index in [0.29, 0.717) is 0 Å². The van der Waals surface area contributed by atoms with Gasteiger partial charge in [-0.25, -0.2) is 0 Å². The Balaban J connectivity index is 2.35. The molecule has 0 aliphatic carbocycles. The Bertz CT molecular complexity index is 499. The van der Waals surface area contributed by atoms with Gasteiger partial charge >= 0.3 is 0 Å². The van der Waals surface area contributed by atoms with Crippen LogP contribution < -0.4 is 5.32 Å². The average Bonchev–Trinajstić information content (AvgIpc) is 2.77. The summed E-state index contributed by atoms with van der Waals surface area (Å²) in [6, 6.07) is 8.31. The van der Waals surface area contributed by atoms with E-state index in [2.05, 4.69) is 41.5 Å². The molecular formula is C13H15NOS. The van der Waals surface area contributed by atoms with Crippen molar-refractivity contribution in [2.75, 3.05) is 13.7 Å². The maximum Gasteiger partial charge on any atom is 0.0626 e. The molecule has 0 spiro atoms. The fourth-order valence-electron chi connectivity index (χ4n) is 1.73. The summed E-state index contributed by atoms with van der Waals surface area (Å²) in [6.07, 6.45) is 0. The zero-order valence-electron chi connectivity index (χ0n) is 9.23. The van der Waals surface area contributed by atoms with Gasteiger partial charge in [0.15, 0.2) is 0 Å². The van der Waals surface area contributed by atoms with Gasteiger partial charge in [-0.05, 0) is 41.1 Å². The number of rotatable bonds is 4. The minimum Gasteiger partial charge on any atom is -0.394 e. The van der Waals surface area contributed by atoms with Crippen molar-refractivity contribution in [2.45, 2.75) is 6.04 Å². The molecule has 1 atom stereocenters. The highest BCUT2D eigenvalue weighted by Crippen LogP contribution is 2.25. The van der Waals surface area contributed by atoms with Crippen LogP contribution in [0.4, 0.5) is 0 Å². The Morgan fingerprint density at radius 2 is 2.31 bits per heavy atom. The van der Waals surface area contributed by atoms with Crippen LogP contribution in [0.5, 0.6) is 0 Å². The lowest BCUT2D eigenvalue weighted by Gasteiger charge is -2.16. The summed E-state index contributed by atoms with van der Waals surface area (Å²) >= 11 is 1.72. The number of benzene rings is 1. The molecule has 16 heavy (non-hydrogen) atoms. The molecule has 0 radical (unpaired) electrons. The maximum atomic E-state index is 9.21. The lowest BCUT2D eigenvalue weighted by molar-refractivity contribution is 0.273.